The fourth-order valence-corrected chi connectivity index (χ4v) is 3.07. The Morgan fingerprint density at radius 3 is 2.21 bits per heavy atom. The van der Waals surface area contributed by atoms with Gasteiger partial charge in [-0.3, -0.25) is 4.90 Å². The van der Waals surface area contributed by atoms with Gasteiger partial charge >= 0.3 is 0 Å². The van der Waals surface area contributed by atoms with Crippen LogP contribution in [0.15, 0.2) is 0 Å². The standard InChI is InChI=1S/C12H24N2/c1-9-4-3-5-10(2)14(9)8-11-6-12(13)7-11/h9-12H,3-8,13H2,1-2H3. The molecule has 0 aromatic heterocycles. The molecule has 0 amide bonds. The third-order valence-corrected chi connectivity index (χ3v) is 4.12. The van der Waals surface area contributed by atoms with E-state index in [4.69, 9.17) is 5.73 Å². The van der Waals surface area contributed by atoms with Crippen molar-refractivity contribution in [3.05, 3.63) is 0 Å². The van der Waals surface area contributed by atoms with Crippen LogP contribution in [0.1, 0.15) is 46.0 Å². The van der Waals surface area contributed by atoms with Gasteiger partial charge in [-0.1, -0.05) is 6.42 Å². The highest BCUT2D eigenvalue weighted by molar-refractivity contribution is 4.88. The Kier molecular flexibility index (Phi) is 3.13. The van der Waals surface area contributed by atoms with Crippen LogP contribution in [0.5, 0.6) is 0 Å². The zero-order chi connectivity index (χ0) is 10.1. The highest BCUT2D eigenvalue weighted by atomic mass is 15.2. The third-order valence-electron chi connectivity index (χ3n) is 4.12. The maximum absolute atomic E-state index is 5.82. The lowest BCUT2D eigenvalue weighted by Crippen LogP contribution is -2.50. The Bertz CT molecular complexity index is 177. The van der Waals surface area contributed by atoms with Crippen molar-refractivity contribution >= 4 is 0 Å². The predicted molar refractivity (Wildman–Crippen MR) is 60.2 cm³/mol. The van der Waals surface area contributed by atoms with Crippen LogP contribution in [0.4, 0.5) is 0 Å². The van der Waals surface area contributed by atoms with Crippen LogP contribution in [0.2, 0.25) is 0 Å². The molecule has 1 aliphatic heterocycles. The van der Waals surface area contributed by atoms with Crippen molar-refractivity contribution in [3.8, 4) is 0 Å². The van der Waals surface area contributed by atoms with E-state index in [1.807, 2.05) is 0 Å². The zero-order valence-electron chi connectivity index (χ0n) is 9.58. The minimum Gasteiger partial charge on any atom is -0.328 e. The summed E-state index contributed by atoms with van der Waals surface area (Å²) in [5, 5.41) is 0. The van der Waals surface area contributed by atoms with E-state index < -0.39 is 0 Å². The largest absolute Gasteiger partial charge is 0.328 e. The molecule has 1 heterocycles. The fraction of sp³-hybridized carbons (Fsp3) is 1.00. The van der Waals surface area contributed by atoms with Crippen LogP contribution in [0.25, 0.3) is 0 Å². The van der Waals surface area contributed by atoms with Crippen molar-refractivity contribution in [1.29, 1.82) is 0 Å². The highest BCUT2D eigenvalue weighted by Crippen LogP contribution is 2.30. The fourth-order valence-electron chi connectivity index (χ4n) is 3.07. The van der Waals surface area contributed by atoms with E-state index in [9.17, 15) is 0 Å². The van der Waals surface area contributed by atoms with Crippen LogP contribution in [-0.4, -0.2) is 29.6 Å². The first-order chi connectivity index (χ1) is 6.66. The third kappa shape index (κ3) is 2.12. The summed E-state index contributed by atoms with van der Waals surface area (Å²) in [6.45, 7) is 6.07. The van der Waals surface area contributed by atoms with Gasteiger partial charge in [-0.05, 0) is 45.4 Å². The van der Waals surface area contributed by atoms with E-state index in [0.717, 1.165) is 18.0 Å². The summed E-state index contributed by atoms with van der Waals surface area (Å²) in [4.78, 5) is 2.71. The van der Waals surface area contributed by atoms with Gasteiger partial charge in [0.1, 0.15) is 0 Å². The molecule has 1 saturated heterocycles. The molecule has 2 aliphatic rings. The van der Waals surface area contributed by atoms with E-state index >= 15 is 0 Å². The first-order valence-corrected chi connectivity index (χ1v) is 6.18. The summed E-state index contributed by atoms with van der Waals surface area (Å²) >= 11 is 0. The Morgan fingerprint density at radius 1 is 1.14 bits per heavy atom. The summed E-state index contributed by atoms with van der Waals surface area (Å²) in [7, 11) is 0. The number of piperidine rings is 1. The lowest BCUT2D eigenvalue weighted by Gasteiger charge is -2.44. The van der Waals surface area contributed by atoms with Crippen molar-refractivity contribution in [2.45, 2.75) is 64.1 Å². The van der Waals surface area contributed by atoms with Gasteiger partial charge in [0.05, 0.1) is 0 Å². The number of nitrogens with zero attached hydrogens (tertiary/aromatic N) is 1. The van der Waals surface area contributed by atoms with E-state index in [1.54, 1.807) is 0 Å². The minimum atomic E-state index is 0.510. The predicted octanol–water partition coefficient (Wildman–Crippen LogP) is 1.99. The lowest BCUT2D eigenvalue weighted by atomic mass is 9.79. The molecule has 2 nitrogen and oxygen atoms in total. The van der Waals surface area contributed by atoms with E-state index in [2.05, 4.69) is 18.7 Å². The molecule has 0 radical (unpaired) electrons. The summed E-state index contributed by atoms with van der Waals surface area (Å²) in [5.74, 6) is 0.896. The maximum Gasteiger partial charge on any atom is 0.00698 e. The van der Waals surface area contributed by atoms with Crippen LogP contribution in [0.3, 0.4) is 0 Å². The molecule has 0 aromatic carbocycles. The molecule has 2 fully saturated rings. The topological polar surface area (TPSA) is 29.3 Å². The summed E-state index contributed by atoms with van der Waals surface area (Å²) < 4.78 is 0. The molecule has 0 bridgehead atoms. The van der Waals surface area contributed by atoms with Crippen molar-refractivity contribution in [2.75, 3.05) is 6.54 Å². The number of hydrogen-bond donors (Lipinski definition) is 1. The summed E-state index contributed by atoms with van der Waals surface area (Å²) in [6.07, 6.45) is 6.72. The molecule has 14 heavy (non-hydrogen) atoms. The minimum absolute atomic E-state index is 0.510. The molecule has 1 saturated carbocycles. The first-order valence-electron chi connectivity index (χ1n) is 6.18. The number of rotatable bonds is 2. The van der Waals surface area contributed by atoms with Crippen molar-refractivity contribution in [2.24, 2.45) is 11.7 Å². The average molecular weight is 196 g/mol. The maximum atomic E-state index is 5.82. The number of nitrogens with two attached hydrogens (primary N) is 1. The lowest BCUT2D eigenvalue weighted by molar-refractivity contribution is 0.0603. The average Bonchev–Trinajstić information content (AvgIpc) is 2.08. The van der Waals surface area contributed by atoms with Gasteiger partial charge in [0, 0.05) is 24.7 Å². The SMILES string of the molecule is CC1CCCC(C)N1CC1CC(N)C1. The van der Waals surface area contributed by atoms with Crippen LogP contribution in [-0.2, 0) is 0 Å². The second kappa shape index (κ2) is 4.19. The number of likely N-dealkylation sites (tertiary alicyclic amines) is 1. The Hall–Kier alpha value is -0.0800. The Labute approximate surface area is 87.8 Å². The van der Waals surface area contributed by atoms with Gasteiger partial charge in [0.2, 0.25) is 0 Å². The molecule has 0 aromatic rings. The van der Waals surface area contributed by atoms with Crippen molar-refractivity contribution in [1.82, 2.24) is 4.90 Å². The van der Waals surface area contributed by atoms with E-state index in [1.165, 1.54) is 38.6 Å². The Morgan fingerprint density at radius 2 is 1.71 bits per heavy atom. The monoisotopic (exact) mass is 196 g/mol. The van der Waals surface area contributed by atoms with Gasteiger partial charge in [0.25, 0.3) is 0 Å². The smallest absolute Gasteiger partial charge is 0.00698 e. The van der Waals surface area contributed by atoms with Gasteiger partial charge in [0.15, 0.2) is 0 Å². The second-order valence-corrected chi connectivity index (χ2v) is 5.42. The molecule has 82 valence electrons. The molecule has 2 unspecified atom stereocenters. The highest BCUT2D eigenvalue weighted by Gasteiger charge is 2.32. The van der Waals surface area contributed by atoms with Crippen LogP contribution >= 0.6 is 0 Å². The van der Waals surface area contributed by atoms with E-state index in [-0.39, 0.29) is 0 Å². The van der Waals surface area contributed by atoms with Crippen LogP contribution in [0, 0.1) is 5.92 Å². The molecule has 0 spiro atoms. The summed E-state index contributed by atoms with van der Waals surface area (Å²) in [6, 6.07) is 2.11. The van der Waals surface area contributed by atoms with E-state index in [0.29, 0.717) is 6.04 Å². The summed E-state index contributed by atoms with van der Waals surface area (Å²) in [5.41, 5.74) is 5.82. The molecule has 1 aliphatic carbocycles. The van der Waals surface area contributed by atoms with Gasteiger partial charge < -0.3 is 5.73 Å². The number of hydrogen-bond acceptors (Lipinski definition) is 2. The molecular formula is C12H24N2. The van der Waals surface area contributed by atoms with Crippen molar-refractivity contribution in [3.63, 3.8) is 0 Å². The Balaban J connectivity index is 1.82. The molecule has 2 N–H and O–H groups in total. The van der Waals surface area contributed by atoms with Gasteiger partial charge in [-0.15, -0.1) is 0 Å². The van der Waals surface area contributed by atoms with Gasteiger partial charge in [-0.25, -0.2) is 0 Å². The zero-order valence-corrected chi connectivity index (χ0v) is 9.58. The molecular weight excluding hydrogens is 172 g/mol. The van der Waals surface area contributed by atoms with Crippen LogP contribution < -0.4 is 5.73 Å². The normalized spacial score (nSPS) is 44.8. The van der Waals surface area contributed by atoms with Crippen molar-refractivity contribution < 1.29 is 0 Å². The molecule has 2 atom stereocenters. The second-order valence-electron chi connectivity index (χ2n) is 5.42. The molecule has 2 heteroatoms. The molecule has 2 rings (SSSR count). The van der Waals surface area contributed by atoms with Gasteiger partial charge in [-0.2, -0.15) is 0 Å². The first kappa shape index (κ1) is 10.4. The quantitative estimate of drug-likeness (QED) is 0.732.